The molecule has 2 aliphatic rings. The molecule has 114 valence electrons. The molecule has 0 spiro atoms. The Bertz CT molecular complexity index is 514. The van der Waals surface area contributed by atoms with Crippen LogP contribution in [0.2, 0.25) is 0 Å². The van der Waals surface area contributed by atoms with Gasteiger partial charge in [0, 0.05) is 18.7 Å². The summed E-state index contributed by atoms with van der Waals surface area (Å²) < 4.78 is 16.3. The van der Waals surface area contributed by atoms with Crippen LogP contribution >= 0.6 is 0 Å². The number of amides is 2. The molecule has 6 nitrogen and oxygen atoms in total. The summed E-state index contributed by atoms with van der Waals surface area (Å²) in [6.45, 7) is 4.18. The molecule has 0 N–H and O–H groups in total. The maximum atomic E-state index is 12.6. The second kappa shape index (κ2) is 6.22. The normalized spacial score (nSPS) is 18.5. The number of methoxy groups -OCH3 is 1. The Morgan fingerprint density at radius 3 is 2.67 bits per heavy atom. The van der Waals surface area contributed by atoms with Crippen LogP contribution in [0.1, 0.15) is 5.56 Å². The highest BCUT2D eigenvalue weighted by atomic mass is 16.5. The lowest BCUT2D eigenvalue weighted by Crippen LogP contribution is -2.48. The molecule has 1 aromatic rings. The number of morpholine rings is 1. The van der Waals surface area contributed by atoms with Gasteiger partial charge in [-0.2, -0.15) is 0 Å². The summed E-state index contributed by atoms with van der Waals surface area (Å²) in [6, 6.07) is 5.76. The summed E-state index contributed by atoms with van der Waals surface area (Å²) >= 11 is 0. The highest BCUT2D eigenvalue weighted by molar-refractivity contribution is 5.74. The van der Waals surface area contributed by atoms with Crippen molar-refractivity contribution in [3.05, 3.63) is 23.8 Å². The summed E-state index contributed by atoms with van der Waals surface area (Å²) in [5.41, 5.74) is 0.980. The number of urea groups is 1. The molecule has 1 saturated heterocycles. The average molecular weight is 292 g/mol. The fraction of sp³-hybridized carbons (Fsp3) is 0.533. The second-order valence-corrected chi connectivity index (χ2v) is 5.13. The first kappa shape index (κ1) is 14.0. The lowest BCUT2D eigenvalue weighted by molar-refractivity contribution is 0.0422. The van der Waals surface area contributed by atoms with Crippen LogP contribution in [0, 0.1) is 0 Å². The standard InChI is InChI=1S/C15H20N2O4/c1-19-13-2-3-14-12(10-13)11-17(6-9-21-14)15(18)16-4-7-20-8-5-16/h2-3,10H,4-9,11H2,1H3. The molecule has 0 radical (unpaired) electrons. The third-order valence-electron chi connectivity index (χ3n) is 3.80. The van der Waals surface area contributed by atoms with E-state index in [0.29, 0.717) is 46.0 Å². The van der Waals surface area contributed by atoms with Crippen molar-refractivity contribution in [2.24, 2.45) is 0 Å². The van der Waals surface area contributed by atoms with Crippen molar-refractivity contribution in [1.82, 2.24) is 9.80 Å². The third-order valence-corrected chi connectivity index (χ3v) is 3.80. The van der Waals surface area contributed by atoms with Gasteiger partial charge >= 0.3 is 6.03 Å². The zero-order valence-electron chi connectivity index (χ0n) is 12.2. The van der Waals surface area contributed by atoms with Gasteiger partial charge in [0.25, 0.3) is 0 Å². The molecule has 2 heterocycles. The van der Waals surface area contributed by atoms with Crippen molar-refractivity contribution >= 4 is 6.03 Å². The molecule has 0 saturated carbocycles. The number of nitrogens with zero attached hydrogens (tertiary/aromatic N) is 2. The smallest absolute Gasteiger partial charge is 0.320 e. The highest BCUT2D eigenvalue weighted by Gasteiger charge is 2.25. The summed E-state index contributed by atoms with van der Waals surface area (Å²) in [4.78, 5) is 16.3. The number of hydrogen-bond donors (Lipinski definition) is 0. The Kier molecular flexibility index (Phi) is 4.15. The highest BCUT2D eigenvalue weighted by Crippen LogP contribution is 2.27. The first-order valence-corrected chi connectivity index (χ1v) is 7.19. The van der Waals surface area contributed by atoms with Gasteiger partial charge in [0.1, 0.15) is 18.1 Å². The zero-order valence-corrected chi connectivity index (χ0v) is 12.2. The lowest BCUT2D eigenvalue weighted by Gasteiger charge is -2.32. The van der Waals surface area contributed by atoms with E-state index in [1.165, 1.54) is 0 Å². The minimum Gasteiger partial charge on any atom is -0.497 e. The van der Waals surface area contributed by atoms with Crippen LogP contribution < -0.4 is 9.47 Å². The Labute approximate surface area is 124 Å². The van der Waals surface area contributed by atoms with E-state index in [9.17, 15) is 4.79 Å². The topological polar surface area (TPSA) is 51.2 Å². The molecule has 0 unspecified atom stereocenters. The van der Waals surface area contributed by atoms with Gasteiger partial charge in [-0.15, -0.1) is 0 Å². The van der Waals surface area contributed by atoms with E-state index in [4.69, 9.17) is 14.2 Å². The SMILES string of the molecule is COc1ccc2c(c1)CN(C(=O)N1CCOCC1)CCO2. The van der Waals surface area contributed by atoms with Gasteiger partial charge in [-0.1, -0.05) is 0 Å². The van der Waals surface area contributed by atoms with E-state index in [1.807, 2.05) is 28.0 Å². The van der Waals surface area contributed by atoms with Crippen LogP contribution in [-0.2, 0) is 11.3 Å². The van der Waals surface area contributed by atoms with Crippen LogP contribution in [0.25, 0.3) is 0 Å². The average Bonchev–Trinajstić information content (AvgIpc) is 2.76. The van der Waals surface area contributed by atoms with Gasteiger partial charge in [-0.05, 0) is 18.2 Å². The number of hydrogen-bond acceptors (Lipinski definition) is 4. The fourth-order valence-electron chi connectivity index (χ4n) is 2.62. The first-order chi connectivity index (χ1) is 10.3. The molecule has 2 aliphatic heterocycles. The Morgan fingerprint density at radius 2 is 1.90 bits per heavy atom. The quantitative estimate of drug-likeness (QED) is 0.784. The van der Waals surface area contributed by atoms with Crippen molar-refractivity contribution < 1.29 is 19.0 Å². The summed E-state index contributed by atoms with van der Waals surface area (Å²) in [5, 5.41) is 0. The first-order valence-electron chi connectivity index (χ1n) is 7.19. The van der Waals surface area contributed by atoms with Crippen molar-refractivity contribution in [3.63, 3.8) is 0 Å². The largest absolute Gasteiger partial charge is 0.497 e. The molecule has 6 heteroatoms. The van der Waals surface area contributed by atoms with E-state index >= 15 is 0 Å². The number of fused-ring (bicyclic) bond motifs is 1. The predicted molar refractivity (Wildman–Crippen MR) is 76.7 cm³/mol. The van der Waals surface area contributed by atoms with Gasteiger partial charge in [0.05, 0.1) is 33.4 Å². The molecule has 3 rings (SSSR count). The molecular weight excluding hydrogens is 272 g/mol. The van der Waals surface area contributed by atoms with Gasteiger partial charge in [0.15, 0.2) is 0 Å². The van der Waals surface area contributed by atoms with Crippen molar-refractivity contribution in [2.75, 3.05) is 46.6 Å². The summed E-state index contributed by atoms with van der Waals surface area (Å²) in [7, 11) is 1.63. The summed E-state index contributed by atoms with van der Waals surface area (Å²) in [5.74, 6) is 1.60. The predicted octanol–water partition coefficient (Wildman–Crippen LogP) is 1.34. The Balaban J connectivity index is 1.76. The van der Waals surface area contributed by atoms with Gasteiger partial charge in [-0.3, -0.25) is 0 Å². The summed E-state index contributed by atoms with van der Waals surface area (Å²) in [6.07, 6.45) is 0. The molecular formula is C15H20N2O4. The molecule has 0 aromatic heterocycles. The number of benzene rings is 1. The van der Waals surface area contributed by atoms with E-state index in [1.54, 1.807) is 7.11 Å². The Morgan fingerprint density at radius 1 is 1.14 bits per heavy atom. The van der Waals surface area contributed by atoms with Crippen molar-refractivity contribution in [1.29, 1.82) is 0 Å². The van der Waals surface area contributed by atoms with Crippen LogP contribution in [0.3, 0.4) is 0 Å². The molecule has 1 aromatic carbocycles. The Hall–Kier alpha value is -1.95. The number of carbonyl (C=O) groups excluding carboxylic acids is 1. The van der Waals surface area contributed by atoms with Crippen LogP contribution in [0.5, 0.6) is 11.5 Å². The number of rotatable bonds is 1. The van der Waals surface area contributed by atoms with E-state index in [0.717, 1.165) is 17.1 Å². The minimum atomic E-state index is 0.0533. The molecule has 21 heavy (non-hydrogen) atoms. The van der Waals surface area contributed by atoms with E-state index < -0.39 is 0 Å². The lowest BCUT2D eigenvalue weighted by atomic mass is 10.2. The second-order valence-electron chi connectivity index (χ2n) is 5.13. The van der Waals surface area contributed by atoms with Crippen LogP contribution in [0.15, 0.2) is 18.2 Å². The monoisotopic (exact) mass is 292 g/mol. The molecule has 0 bridgehead atoms. The zero-order chi connectivity index (χ0) is 14.7. The van der Waals surface area contributed by atoms with E-state index in [-0.39, 0.29) is 6.03 Å². The minimum absolute atomic E-state index is 0.0533. The van der Waals surface area contributed by atoms with Crippen molar-refractivity contribution in [2.45, 2.75) is 6.54 Å². The van der Waals surface area contributed by atoms with Crippen molar-refractivity contribution in [3.8, 4) is 11.5 Å². The number of carbonyl (C=O) groups is 1. The molecule has 2 amide bonds. The maximum Gasteiger partial charge on any atom is 0.320 e. The van der Waals surface area contributed by atoms with Crippen LogP contribution in [0.4, 0.5) is 4.79 Å². The fourth-order valence-corrected chi connectivity index (χ4v) is 2.62. The van der Waals surface area contributed by atoms with Gasteiger partial charge in [-0.25, -0.2) is 4.79 Å². The number of ether oxygens (including phenoxy) is 3. The maximum absolute atomic E-state index is 12.6. The van der Waals surface area contributed by atoms with Gasteiger partial charge < -0.3 is 24.0 Å². The molecule has 1 fully saturated rings. The molecule has 0 aliphatic carbocycles. The van der Waals surface area contributed by atoms with Gasteiger partial charge in [0.2, 0.25) is 0 Å². The third kappa shape index (κ3) is 3.05. The molecule has 0 atom stereocenters. The van der Waals surface area contributed by atoms with E-state index in [2.05, 4.69) is 0 Å². The van der Waals surface area contributed by atoms with Crippen LogP contribution in [-0.4, -0.2) is 62.4 Å².